The van der Waals surface area contributed by atoms with Gasteiger partial charge in [-0.05, 0) is 18.1 Å². The number of hydrogen-bond donors (Lipinski definition) is 2. The molecule has 2 aromatic rings. The monoisotopic (exact) mass is 328 g/mol. The number of rotatable bonds is 6. The molecule has 23 heavy (non-hydrogen) atoms. The van der Waals surface area contributed by atoms with Crippen LogP contribution < -0.4 is 10.6 Å². The predicted octanol–water partition coefficient (Wildman–Crippen LogP) is 3.51. The van der Waals surface area contributed by atoms with Crippen LogP contribution in [0.3, 0.4) is 0 Å². The summed E-state index contributed by atoms with van der Waals surface area (Å²) in [4.78, 5) is 24.1. The van der Waals surface area contributed by atoms with Crippen molar-refractivity contribution in [1.82, 2.24) is 10.6 Å². The van der Waals surface area contributed by atoms with Crippen LogP contribution in [0.1, 0.15) is 23.3 Å². The zero-order valence-corrected chi connectivity index (χ0v) is 13.8. The van der Waals surface area contributed by atoms with Crippen molar-refractivity contribution in [3.63, 3.8) is 0 Å². The van der Waals surface area contributed by atoms with Crippen LogP contribution in [0.2, 0.25) is 0 Å². The van der Waals surface area contributed by atoms with E-state index in [0.29, 0.717) is 12.3 Å². The first-order chi connectivity index (χ1) is 11.2. The van der Waals surface area contributed by atoms with Crippen molar-refractivity contribution in [2.24, 2.45) is 0 Å². The zero-order valence-electron chi connectivity index (χ0n) is 13.0. The van der Waals surface area contributed by atoms with E-state index in [1.54, 1.807) is 0 Å². The van der Waals surface area contributed by atoms with Crippen LogP contribution in [0, 0.1) is 0 Å². The standard InChI is InChI=1S/C18H20N2O2S/c1-2-19-18(22)20-17(21)16(15-11-7-4-8-12-15)23-13-14-9-5-3-6-10-14/h3-12,16H,2,13H2,1H3,(H2,19,20,21,22)/t16-/m0/s1. The van der Waals surface area contributed by atoms with Gasteiger partial charge in [0, 0.05) is 12.3 Å². The van der Waals surface area contributed by atoms with E-state index in [2.05, 4.69) is 10.6 Å². The van der Waals surface area contributed by atoms with E-state index in [9.17, 15) is 9.59 Å². The van der Waals surface area contributed by atoms with Crippen molar-refractivity contribution >= 4 is 23.7 Å². The minimum Gasteiger partial charge on any atom is -0.338 e. The number of carbonyl (C=O) groups is 2. The number of hydrogen-bond acceptors (Lipinski definition) is 3. The van der Waals surface area contributed by atoms with E-state index < -0.39 is 11.3 Å². The van der Waals surface area contributed by atoms with Gasteiger partial charge in [0.05, 0.1) is 0 Å². The van der Waals surface area contributed by atoms with Crippen LogP contribution >= 0.6 is 11.8 Å². The van der Waals surface area contributed by atoms with Gasteiger partial charge in [-0.15, -0.1) is 11.8 Å². The van der Waals surface area contributed by atoms with Crippen molar-refractivity contribution < 1.29 is 9.59 Å². The van der Waals surface area contributed by atoms with E-state index in [0.717, 1.165) is 11.1 Å². The molecular weight excluding hydrogens is 308 g/mol. The van der Waals surface area contributed by atoms with Crippen molar-refractivity contribution in [3.8, 4) is 0 Å². The Kier molecular flexibility index (Phi) is 6.69. The molecule has 0 aliphatic rings. The molecule has 0 aliphatic heterocycles. The fraction of sp³-hybridized carbons (Fsp3) is 0.222. The molecule has 0 unspecified atom stereocenters. The zero-order chi connectivity index (χ0) is 16.5. The van der Waals surface area contributed by atoms with Crippen molar-refractivity contribution in [3.05, 3.63) is 71.8 Å². The van der Waals surface area contributed by atoms with Crippen LogP contribution in [0.5, 0.6) is 0 Å². The van der Waals surface area contributed by atoms with Gasteiger partial charge >= 0.3 is 6.03 Å². The van der Waals surface area contributed by atoms with Crippen LogP contribution in [-0.4, -0.2) is 18.5 Å². The topological polar surface area (TPSA) is 58.2 Å². The van der Waals surface area contributed by atoms with Gasteiger partial charge in [0.1, 0.15) is 5.25 Å². The van der Waals surface area contributed by atoms with E-state index in [1.807, 2.05) is 67.6 Å². The number of nitrogens with one attached hydrogen (secondary N) is 2. The lowest BCUT2D eigenvalue weighted by molar-refractivity contribution is -0.119. The van der Waals surface area contributed by atoms with Crippen LogP contribution in [0.4, 0.5) is 4.79 Å². The highest BCUT2D eigenvalue weighted by Gasteiger charge is 2.22. The van der Waals surface area contributed by atoms with E-state index in [1.165, 1.54) is 11.8 Å². The minimum absolute atomic E-state index is 0.303. The molecule has 2 N–H and O–H groups in total. The summed E-state index contributed by atoms with van der Waals surface area (Å²) in [6.45, 7) is 2.29. The number of thioether (sulfide) groups is 1. The largest absolute Gasteiger partial charge is 0.338 e. The van der Waals surface area contributed by atoms with Crippen LogP contribution in [-0.2, 0) is 10.5 Å². The molecule has 0 heterocycles. The quantitative estimate of drug-likeness (QED) is 0.853. The Bertz CT molecular complexity index is 632. The van der Waals surface area contributed by atoms with Gasteiger partial charge in [0.2, 0.25) is 5.91 Å². The third kappa shape index (κ3) is 5.45. The molecule has 0 saturated carbocycles. The first-order valence-electron chi connectivity index (χ1n) is 7.50. The Morgan fingerprint density at radius 3 is 2.22 bits per heavy atom. The molecular formula is C18H20N2O2S. The molecule has 0 radical (unpaired) electrons. The Morgan fingerprint density at radius 1 is 1.00 bits per heavy atom. The van der Waals surface area contributed by atoms with Crippen molar-refractivity contribution in [1.29, 1.82) is 0 Å². The first kappa shape index (κ1) is 17.1. The maximum atomic E-state index is 12.5. The maximum absolute atomic E-state index is 12.5. The number of urea groups is 1. The van der Waals surface area contributed by atoms with Crippen molar-refractivity contribution in [2.45, 2.75) is 17.9 Å². The summed E-state index contributed by atoms with van der Waals surface area (Å²) >= 11 is 1.50. The van der Waals surface area contributed by atoms with E-state index in [4.69, 9.17) is 0 Å². The highest BCUT2D eigenvalue weighted by molar-refractivity contribution is 7.99. The summed E-state index contributed by atoms with van der Waals surface area (Å²) in [6.07, 6.45) is 0. The van der Waals surface area contributed by atoms with Crippen molar-refractivity contribution in [2.75, 3.05) is 6.54 Å². The average Bonchev–Trinajstić information content (AvgIpc) is 2.57. The second-order valence-electron chi connectivity index (χ2n) is 4.94. The molecule has 120 valence electrons. The van der Waals surface area contributed by atoms with E-state index >= 15 is 0 Å². The van der Waals surface area contributed by atoms with Crippen LogP contribution in [0.15, 0.2) is 60.7 Å². The fourth-order valence-electron chi connectivity index (χ4n) is 2.09. The Morgan fingerprint density at radius 2 is 1.61 bits per heavy atom. The molecule has 1 atom stereocenters. The summed E-state index contributed by atoms with van der Waals surface area (Å²) in [5, 5.41) is 4.55. The lowest BCUT2D eigenvalue weighted by Gasteiger charge is -2.16. The molecule has 2 aromatic carbocycles. The maximum Gasteiger partial charge on any atom is 0.321 e. The molecule has 0 aliphatic carbocycles. The number of amides is 3. The van der Waals surface area contributed by atoms with Gasteiger partial charge in [0.15, 0.2) is 0 Å². The summed E-state index contributed by atoms with van der Waals surface area (Å²) < 4.78 is 0. The molecule has 0 bridgehead atoms. The van der Waals surface area contributed by atoms with Gasteiger partial charge in [-0.3, -0.25) is 10.1 Å². The average molecular weight is 328 g/mol. The molecule has 0 spiro atoms. The number of carbonyl (C=O) groups excluding carboxylic acids is 2. The Labute approximate surface area is 140 Å². The molecule has 0 aromatic heterocycles. The van der Waals surface area contributed by atoms with Gasteiger partial charge in [-0.25, -0.2) is 4.79 Å². The fourth-order valence-corrected chi connectivity index (χ4v) is 3.20. The highest BCUT2D eigenvalue weighted by atomic mass is 32.2. The third-order valence-corrected chi connectivity index (χ3v) is 4.49. The predicted molar refractivity (Wildman–Crippen MR) is 94.1 cm³/mol. The molecule has 2 rings (SSSR count). The normalized spacial score (nSPS) is 11.5. The van der Waals surface area contributed by atoms with Gasteiger partial charge in [-0.2, -0.15) is 0 Å². The second kappa shape index (κ2) is 9.00. The van der Waals surface area contributed by atoms with Crippen LogP contribution in [0.25, 0.3) is 0 Å². The number of imide groups is 1. The SMILES string of the molecule is CCNC(=O)NC(=O)[C@@H](SCc1ccccc1)c1ccccc1. The molecule has 5 heteroatoms. The summed E-state index contributed by atoms with van der Waals surface area (Å²) in [7, 11) is 0. The highest BCUT2D eigenvalue weighted by Crippen LogP contribution is 2.31. The van der Waals surface area contributed by atoms with Gasteiger partial charge in [0.25, 0.3) is 0 Å². The molecule has 4 nitrogen and oxygen atoms in total. The summed E-state index contributed by atoms with van der Waals surface area (Å²) in [5.74, 6) is 0.395. The molecule has 3 amide bonds. The third-order valence-electron chi connectivity index (χ3n) is 3.17. The number of benzene rings is 2. The Balaban J connectivity index is 2.09. The minimum atomic E-state index is -0.459. The smallest absolute Gasteiger partial charge is 0.321 e. The van der Waals surface area contributed by atoms with Gasteiger partial charge < -0.3 is 5.32 Å². The van der Waals surface area contributed by atoms with Gasteiger partial charge in [-0.1, -0.05) is 60.7 Å². The lowest BCUT2D eigenvalue weighted by Crippen LogP contribution is -2.41. The molecule has 0 saturated heterocycles. The summed E-state index contributed by atoms with van der Waals surface area (Å²) in [5.41, 5.74) is 2.03. The summed E-state index contributed by atoms with van der Waals surface area (Å²) in [6, 6.07) is 19.0. The Hall–Kier alpha value is -2.27. The lowest BCUT2D eigenvalue weighted by atomic mass is 10.1. The first-order valence-corrected chi connectivity index (χ1v) is 8.54. The second-order valence-corrected chi connectivity index (χ2v) is 6.03. The molecule has 0 fully saturated rings. The van der Waals surface area contributed by atoms with E-state index in [-0.39, 0.29) is 5.91 Å².